The molecule has 0 aliphatic carbocycles. The molecule has 0 N–H and O–H groups in total. The van der Waals surface area contributed by atoms with Crippen LogP contribution in [0.4, 0.5) is 4.79 Å². The maximum atomic E-state index is 12.2. The molecule has 0 unspecified atom stereocenters. The summed E-state index contributed by atoms with van der Waals surface area (Å²) in [7, 11) is 0. The smallest absolute Gasteiger partial charge is 0.418 e. The van der Waals surface area contributed by atoms with E-state index in [-0.39, 0.29) is 11.5 Å². The van der Waals surface area contributed by atoms with E-state index in [0.717, 1.165) is 10.9 Å². The summed E-state index contributed by atoms with van der Waals surface area (Å²) in [6.07, 6.45) is 1.43. The Labute approximate surface area is 120 Å². The minimum Gasteiger partial charge on any atom is -0.443 e. The van der Waals surface area contributed by atoms with Gasteiger partial charge < -0.3 is 4.74 Å². The Hall–Kier alpha value is -1.77. The lowest BCUT2D eigenvalue weighted by Gasteiger charge is -2.20. The van der Waals surface area contributed by atoms with Crippen molar-refractivity contribution < 1.29 is 9.53 Å². The number of rotatable bonds is 0. The zero-order valence-corrected chi connectivity index (χ0v) is 13.2. The third-order valence-electron chi connectivity index (χ3n) is 3.15. The molecule has 0 amide bonds. The van der Waals surface area contributed by atoms with Gasteiger partial charge in [0, 0.05) is 11.6 Å². The molecule has 3 nitrogen and oxygen atoms in total. The van der Waals surface area contributed by atoms with Gasteiger partial charge in [-0.25, -0.2) is 4.79 Å². The summed E-state index contributed by atoms with van der Waals surface area (Å²) in [5.41, 5.74) is 1.75. The van der Waals surface area contributed by atoms with E-state index in [0.29, 0.717) is 0 Å². The van der Waals surface area contributed by atoms with Crippen LogP contribution < -0.4 is 0 Å². The molecule has 0 fully saturated rings. The van der Waals surface area contributed by atoms with Crippen LogP contribution in [0, 0.1) is 0 Å². The zero-order chi connectivity index (χ0) is 15.1. The lowest BCUT2D eigenvalue weighted by molar-refractivity contribution is 0.0544. The van der Waals surface area contributed by atoms with Crippen LogP contribution in [-0.4, -0.2) is 16.3 Å². The molecule has 1 heterocycles. The van der Waals surface area contributed by atoms with Gasteiger partial charge in [-0.2, -0.15) is 0 Å². The molecule has 0 saturated carbocycles. The van der Waals surface area contributed by atoms with Gasteiger partial charge in [0.15, 0.2) is 0 Å². The number of nitrogens with zero attached hydrogens (tertiary/aromatic N) is 1. The fourth-order valence-corrected chi connectivity index (χ4v) is 2.08. The molecule has 2 rings (SSSR count). The van der Waals surface area contributed by atoms with Crippen molar-refractivity contribution in [2.45, 2.75) is 52.6 Å². The summed E-state index contributed by atoms with van der Waals surface area (Å²) in [5.74, 6) is 0. The van der Waals surface area contributed by atoms with Crippen molar-refractivity contribution in [2.24, 2.45) is 0 Å². The van der Waals surface area contributed by atoms with E-state index in [2.05, 4.69) is 32.9 Å². The third kappa shape index (κ3) is 3.03. The first-order valence-electron chi connectivity index (χ1n) is 6.93. The van der Waals surface area contributed by atoms with Crippen LogP contribution in [-0.2, 0) is 10.2 Å². The van der Waals surface area contributed by atoms with Crippen LogP contribution in [0.5, 0.6) is 0 Å². The van der Waals surface area contributed by atoms with Crippen LogP contribution in [0.2, 0.25) is 0 Å². The number of fused-ring (bicyclic) bond motifs is 1. The molecule has 0 spiro atoms. The fourth-order valence-electron chi connectivity index (χ4n) is 2.08. The van der Waals surface area contributed by atoms with Gasteiger partial charge in [-0.1, -0.05) is 26.8 Å². The summed E-state index contributed by atoms with van der Waals surface area (Å²) in [6, 6.07) is 8.15. The number of ether oxygens (including phenoxy) is 1. The molecule has 0 radical (unpaired) electrons. The Balaban J connectivity index is 2.41. The lowest BCUT2D eigenvalue weighted by Crippen LogP contribution is -2.26. The number of hydrogen-bond donors (Lipinski definition) is 0. The van der Waals surface area contributed by atoms with Gasteiger partial charge in [0.1, 0.15) is 5.60 Å². The van der Waals surface area contributed by atoms with Gasteiger partial charge >= 0.3 is 6.09 Å². The Morgan fingerprint density at radius 2 is 1.70 bits per heavy atom. The van der Waals surface area contributed by atoms with E-state index < -0.39 is 5.60 Å². The van der Waals surface area contributed by atoms with Crippen LogP contribution in [0.25, 0.3) is 10.9 Å². The summed E-state index contributed by atoms with van der Waals surface area (Å²) < 4.78 is 6.97. The molecular weight excluding hydrogens is 250 g/mol. The summed E-state index contributed by atoms with van der Waals surface area (Å²) in [4.78, 5) is 12.2. The van der Waals surface area contributed by atoms with Crippen molar-refractivity contribution in [2.75, 3.05) is 0 Å². The standard InChI is InChI=1S/C17H23NO2/c1-16(2,3)13-7-8-14-12(11-13)9-10-18(14)15(19)20-17(4,5)6/h7-11H,1-6H3. The minimum atomic E-state index is -0.487. The SMILES string of the molecule is CC(C)(C)OC(=O)n1ccc2cc(C(C)(C)C)ccc21. The Morgan fingerprint density at radius 1 is 1.05 bits per heavy atom. The molecule has 108 valence electrons. The molecule has 3 heteroatoms. The predicted octanol–water partition coefficient (Wildman–Crippen LogP) is 4.72. The highest BCUT2D eigenvalue weighted by atomic mass is 16.6. The molecule has 0 bridgehead atoms. The predicted molar refractivity (Wildman–Crippen MR) is 82.3 cm³/mol. The average Bonchev–Trinajstić information content (AvgIpc) is 2.67. The van der Waals surface area contributed by atoms with Crippen molar-refractivity contribution in [1.82, 2.24) is 4.57 Å². The minimum absolute atomic E-state index is 0.0994. The highest BCUT2D eigenvalue weighted by molar-refractivity contribution is 5.90. The number of carbonyl (C=O) groups is 1. The second kappa shape index (κ2) is 4.65. The largest absolute Gasteiger partial charge is 0.443 e. The number of aromatic nitrogens is 1. The molecule has 0 saturated heterocycles. The van der Waals surface area contributed by atoms with Gasteiger partial charge in [-0.3, -0.25) is 4.57 Å². The van der Waals surface area contributed by atoms with Crippen LogP contribution in [0.3, 0.4) is 0 Å². The van der Waals surface area contributed by atoms with Crippen molar-refractivity contribution in [3.05, 3.63) is 36.0 Å². The topological polar surface area (TPSA) is 31.2 Å². The molecule has 1 aromatic heterocycles. The van der Waals surface area contributed by atoms with Crippen molar-refractivity contribution in [3.63, 3.8) is 0 Å². The highest BCUT2D eigenvalue weighted by Gasteiger charge is 2.20. The Morgan fingerprint density at radius 3 is 2.25 bits per heavy atom. The second-order valence-electron chi connectivity index (χ2n) is 7.19. The van der Waals surface area contributed by atoms with E-state index in [9.17, 15) is 4.79 Å². The van der Waals surface area contributed by atoms with Crippen LogP contribution in [0.1, 0.15) is 47.1 Å². The Kier molecular flexibility index (Phi) is 3.41. The van der Waals surface area contributed by atoms with E-state index >= 15 is 0 Å². The van der Waals surface area contributed by atoms with Gasteiger partial charge in [-0.05, 0) is 49.9 Å². The van der Waals surface area contributed by atoms with Crippen molar-refractivity contribution in [3.8, 4) is 0 Å². The van der Waals surface area contributed by atoms with Crippen molar-refractivity contribution >= 4 is 17.0 Å². The first-order chi connectivity index (χ1) is 9.08. The lowest BCUT2D eigenvalue weighted by atomic mass is 9.86. The van der Waals surface area contributed by atoms with E-state index in [1.54, 1.807) is 10.8 Å². The highest BCUT2D eigenvalue weighted by Crippen LogP contribution is 2.27. The molecule has 1 aromatic carbocycles. The van der Waals surface area contributed by atoms with Gasteiger partial charge in [0.2, 0.25) is 0 Å². The Bertz CT molecular complexity index is 639. The first-order valence-corrected chi connectivity index (χ1v) is 6.93. The first kappa shape index (κ1) is 14.6. The number of carbonyl (C=O) groups excluding carboxylic acids is 1. The fraction of sp³-hybridized carbons (Fsp3) is 0.471. The third-order valence-corrected chi connectivity index (χ3v) is 3.15. The summed E-state index contributed by atoms with van der Waals surface area (Å²) in [6.45, 7) is 12.1. The molecule has 20 heavy (non-hydrogen) atoms. The maximum absolute atomic E-state index is 12.2. The second-order valence-corrected chi connectivity index (χ2v) is 7.19. The zero-order valence-electron chi connectivity index (χ0n) is 13.2. The molecule has 0 aliphatic heterocycles. The molecular formula is C17H23NO2. The van der Waals surface area contributed by atoms with Crippen molar-refractivity contribution in [1.29, 1.82) is 0 Å². The van der Waals surface area contributed by atoms with E-state index in [1.165, 1.54) is 5.56 Å². The monoisotopic (exact) mass is 273 g/mol. The van der Waals surface area contributed by atoms with Crippen LogP contribution >= 0.6 is 0 Å². The van der Waals surface area contributed by atoms with Gasteiger partial charge in [0.05, 0.1) is 5.52 Å². The molecule has 2 aromatic rings. The number of benzene rings is 1. The maximum Gasteiger partial charge on any atom is 0.418 e. The van der Waals surface area contributed by atoms with Gasteiger partial charge in [-0.15, -0.1) is 0 Å². The molecule has 0 aliphatic rings. The normalized spacial score (nSPS) is 12.7. The summed E-state index contributed by atoms with van der Waals surface area (Å²) >= 11 is 0. The van der Waals surface area contributed by atoms with E-state index in [1.807, 2.05) is 32.9 Å². The molecule has 0 atom stereocenters. The summed E-state index contributed by atoms with van der Waals surface area (Å²) in [5, 5.41) is 1.06. The van der Waals surface area contributed by atoms with E-state index in [4.69, 9.17) is 4.74 Å². The quantitative estimate of drug-likeness (QED) is 0.695. The average molecular weight is 273 g/mol. The number of hydrogen-bond acceptors (Lipinski definition) is 2. The van der Waals surface area contributed by atoms with Gasteiger partial charge in [0.25, 0.3) is 0 Å². The van der Waals surface area contributed by atoms with Crippen LogP contribution in [0.15, 0.2) is 30.5 Å².